The predicted molar refractivity (Wildman–Crippen MR) is 129 cm³/mol. The molecule has 0 saturated heterocycles. The van der Waals surface area contributed by atoms with Crippen LogP contribution in [0, 0.1) is 6.92 Å². The van der Waals surface area contributed by atoms with Crippen LogP contribution in [-0.4, -0.2) is 25.3 Å². The van der Waals surface area contributed by atoms with E-state index in [1.54, 1.807) is 24.4 Å². The van der Waals surface area contributed by atoms with Crippen LogP contribution < -0.4 is 14.8 Å². The molecule has 0 aliphatic carbocycles. The van der Waals surface area contributed by atoms with Gasteiger partial charge in [-0.2, -0.15) is 0 Å². The van der Waals surface area contributed by atoms with Crippen LogP contribution in [0.3, 0.4) is 0 Å². The third-order valence-corrected chi connectivity index (χ3v) is 5.19. The van der Waals surface area contributed by atoms with Gasteiger partial charge in [-0.25, -0.2) is 0 Å². The molecule has 0 unspecified atom stereocenters. The molecular formula is C24H22BrClN2O3. The summed E-state index contributed by atoms with van der Waals surface area (Å²) in [5.41, 5.74) is 3.09. The number of aliphatic imine (C=N–C) groups is 1. The topological polar surface area (TPSA) is 59.9 Å². The first-order valence-corrected chi connectivity index (χ1v) is 10.9. The summed E-state index contributed by atoms with van der Waals surface area (Å²) < 4.78 is 12.1. The fourth-order valence-corrected chi connectivity index (χ4v) is 3.26. The van der Waals surface area contributed by atoms with Gasteiger partial charge >= 0.3 is 0 Å². The fourth-order valence-electron chi connectivity index (χ4n) is 2.70. The summed E-state index contributed by atoms with van der Waals surface area (Å²) in [5.74, 6) is 1.07. The zero-order valence-electron chi connectivity index (χ0n) is 17.2. The number of carbonyl (C=O) groups excluding carboxylic acids is 1. The van der Waals surface area contributed by atoms with Gasteiger partial charge in [0.05, 0.1) is 12.3 Å². The van der Waals surface area contributed by atoms with Crippen molar-refractivity contribution in [1.29, 1.82) is 0 Å². The van der Waals surface area contributed by atoms with Crippen molar-refractivity contribution in [3.05, 3.63) is 81.3 Å². The third kappa shape index (κ3) is 6.84. The largest absolute Gasteiger partial charge is 0.494 e. The van der Waals surface area contributed by atoms with Crippen LogP contribution in [0.25, 0.3) is 0 Å². The second kappa shape index (κ2) is 11.0. The number of nitrogens with one attached hydrogen (secondary N) is 1. The molecule has 5 nitrogen and oxygen atoms in total. The minimum absolute atomic E-state index is 0.142. The van der Waals surface area contributed by atoms with Gasteiger partial charge in [-0.3, -0.25) is 9.79 Å². The molecule has 0 atom stereocenters. The molecular weight excluding hydrogens is 480 g/mol. The second-order valence-electron chi connectivity index (χ2n) is 6.67. The lowest BCUT2D eigenvalue weighted by Gasteiger charge is -2.11. The van der Waals surface area contributed by atoms with Gasteiger partial charge in [-0.05, 0) is 74.0 Å². The highest BCUT2D eigenvalue weighted by molar-refractivity contribution is 9.10. The monoisotopic (exact) mass is 500 g/mol. The molecule has 3 aromatic rings. The molecule has 3 aromatic carbocycles. The third-order valence-electron chi connectivity index (χ3n) is 4.29. The van der Waals surface area contributed by atoms with E-state index in [0.29, 0.717) is 23.1 Å². The van der Waals surface area contributed by atoms with Crippen LogP contribution in [-0.2, 0) is 4.79 Å². The average molecular weight is 502 g/mol. The lowest BCUT2D eigenvalue weighted by atomic mass is 10.2. The van der Waals surface area contributed by atoms with Gasteiger partial charge in [0.15, 0.2) is 6.61 Å². The lowest BCUT2D eigenvalue weighted by molar-refractivity contribution is -0.118. The van der Waals surface area contributed by atoms with Gasteiger partial charge in [-0.15, -0.1) is 0 Å². The van der Waals surface area contributed by atoms with Crippen LogP contribution in [0.4, 0.5) is 11.4 Å². The Morgan fingerprint density at radius 2 is 1.87 bits per heavy atom. The maximum absolute atomic E-state index is 12.3. The first-order valence-electron chi connectivity index (χ1n) is 9.70. The van der Waals surface area contributed by atoms with Crippen LogP contribution in [0.5, 0.6) is 11.5 Å². The molecule has 0 fully saturated rings. The average Bonchev–Trinajstić information content (AvgIpc) is 2.75. The van der Waals surface area contributed by atoms with Gasteiger partial charge in [0.1, 0.15) is 11.5 Å². The maximum Gasteiger partial charge on any atom is 0.262 e. The zero-order chi connectivity index (χ0) is 22.2. The Hall–Kier alpha value is -2.83. The molecule has 1 N–H and O–H groups in total. The highest BCUT2D eigenvalue weighted by atomic mass is 79.9. The van der Waals surface area contributed by atoms with E-state index >= 15 is 0 Å². The molecule has 1 amide bonds. The van der Waals surface area contributed by atoms with Crippen molar-refractivity contribution in [2.24, 2.45) is 4.99 Å². The Kier molecular flexibility index (Phi) is 8.09. The fraction of sp³-hybridized carbons (Fsp3) is 0.167. The van der Waals surface area contributed by atoms with Crippen molar-refractivity contribution in [3.8, 4) is 11.5 Å². The number of aryl methyl sites for hydroxylation is 1. The molecule has 31 heavy (non-hydrogen) atoms. The molecule has 0 radical (unpaired) electrons. The van der Waals surface area contributed by atoms with Crippen LogP contribution >= 0.6 is 27.5 Å². The number of halogens is 2. The highest BCUT2D eigenvalue weighted by Crippen LogP contribution is 2.24. The van der Waals surface area contributed by atoms with Crippen molar-refractivity contribution in [3.63, 3.8) is 0 Å². The van der Waals surface area contributed by atoms with Crippen molar-refractivity contribution in [1.82, 2.24) is 0 Å². The zero-order valence-corrected chi connectivity index (χ0v) is 19.5. The Morgan fingerprint density at radius 3 is 2.58 bits per heavy atom. The summed E-state index contributed by atoms with van der Waals surface area (Å²) in [5, 5.41) is 3.38. The molecule has 7 heteroatoms. The van der Waals surface area contributed by atoms with E-state index in [9.17, 15) is 4.79 Å². The van der Waals surface area contributed by atoms with Crippen molar-refractivity contribution >= 4 is 51.0 Å². The normalized spacial score (nSPS) is 10.8. The van der Waals surface area contributed by atoms with Gasteiger partial charge in [0.25, 0.3) is 5.91 Å². The Morgan fingerprint density at radius 1 is 1.10 bits per heavy atom. The summed E-state index contributed by atoms with van der Waals surface area (Å²) in [7, 11) is 0. The smallest absolute Gasteiger partial charge is 0.262 e. The minimum Gasteiger partial charge on any atom is -0.494 e. The number of ether oxygens (including phenoxy) is 2. The SMILES string of the molecule is CCOc1ccc(N=Cc2cc(Br)ccc2OCC(=O)Nc2ccc(C)c(Cl)c2)cc1. The molecule has 0 aromatic heterocycles. The summed E-state index contributed by atoms with van der Waals surface area (Å²) in [6.45, 7) is 4.32. The number of benzene rings is 3. The van der Waals surface area contributed by atoms with E-state index in [1.807, 2.05) is 56.3 Å². The first kappa shape index (κ1) is 22.8. The van der Waals surface area contributed by atoms with Crippen molar-refractivity contribution in [2.45, 2.75) is 13.8 Å². The minimum atomic E-state index is -0.280. The first-order chi connectivity index (χ1) is 14.9. The van der Waals surface area contributed by atoms with E-state index in [0.717, 1.165) is 27.0 Å². The van der Waals surface area contributed by atoms with Crippen LogP contribution in [0.1, 0.15) is 18.1 Å². The summed E-state index contributed by atoms with van der Waals surface area (Å²) in [6.07, 6.45) is 1.70. The number of nitrogens with zero attached hydrogens (tertiary/aromatic N) is 1. The van der Waals surface area contributed by atoms with Gasteiger partial charge < -0.3 is 14.8 Å². The Labute approximate surface area is 195 Å². The van der Waals surface area contributed by atoms with Crippen LogP contribution in [0.2, 0.25) is 5.02 Å². The number of carbonyl (C=O) groups is 1. The Bertz CT molecular complexity index is 1080. The number of anilines is 1. The van der Waals surface area contributed by atoms with E-state index < -0.39 is 0 Å². The molecule has 0 aliphatic heterocycles. The summed E-state index contributed by atoms with van der Waals surface area (Å²) in [6, 6.07) is 18.4. The number of rotatable bonds is 8. The van der Waals surface area contributed by atoms with Gasteiger partial charge in [0, 0.05) is 27.0 Å². The van der Waals surface area contributed by atoms with E-state index in [4.69, 9.17) is 21.1 Å². The number of hydrogen-bond donors (Lipinski definition) is 1. The van der Waals surface area contributed by atoms with Crippen molar-refractivity contribution in [2.75, 3.05) is 18.5 Å². The maximum atomic E-state index is 12.3. The molecule has 3 rings (SSSR count). The molecule has 0 saturated carbocycles. The van der Waals surface area contributed by atoms with Gasteiger partial charge in [0.2, 0.25) is 0 Å². The molecule has 0 bridgehead atoms. The predicted octanol–water partition coefficient (Wildman–Crippen LogP) is 6.58. The van der Waals surface area contributed by atoms with Gasteiger partial charge in [-0.1, -0.05) is 33.6 Å². The number of amides is 1. The molecule has 0 spiro atoms. The number of hydrogen-bond acceptors (Lipinski definition) is 4. The quantitative estimate of drug-likeness (QED) is 0.355. The van der Waals surface area contributed by atoms with E-state index in [2.05, 4.69) is 26.2 Å². The molecule has 0 heterocycles. The Balaban J connectivity index is 1.66. The molecule has 0 aliphatic rings. The highest BCUT2D eigenvalue weighted by Gasteiger charge is 2.08. The standard InChI is InChI=1S/C24H22BrClN2O3/c1-3-30-21-9-7-19(8-10-21)27-14-17-12-18(25)5-11-23(17)31-15-24(29)28-20-6-4-16(2)22(26)13-20/h4-14H,3,15H2,1-2H3,(H,28,29). The lowest BCUT2D eigenvalue weighted by Crippen LogP contribution is -2.20. The van der Waals surface area contributed by atoms with Crippen molar-refractivity contribution < 1.29 is 14.3 Å². The van der Waals surface area contributed by atoms with E-state index in [1.165, 1.54) is 0 Å². The molecule has 160 valence electrons. The second-order valence-corrected chi connectivity index (χ2v) is 7.99. The van der Waals surface area contributed by atoms with Crippen LogP contribution in [0.15, 0.2) is 70.1 Å². The summed E-state index contributed by atoms with van der Waals surface area (Å²) in [4.78, 5) is 16.8. The van der Waals surface area contributed by atoms with E-state index in [-0.39, 0.29) is 12.5 Å². The summed E-state index contributed by atoms with van der Waals surface area (Å²) >= 11 is 9.57.